The number of nitrogens with one attached hydrogen (secondary N) is 2. The van der Waals surface area contributed by atoms with E-state index in [1.54, 1.807) is 6.20 Å². The van der Waals surface area contributed by atoms with E-state index >= 15 is 0 Å². The summed E-state index contributed by atoms with van der Waals surface area (Å²) >= 11 is 1.36. The molecule has 1 aliphatic rings. The molecule has 0 aliphatic carbocycles. The number of fused-ring (bicyclic) bond motifs is 1. The summed E-state index contributed by atoms with van der Waals surface area (Å²) < 4.78 is 0. The molecule has 1 aliphatic heterocycles. The van der Waals surface area contributed by atoms with E-state index < -0.39 is 0 Å². The van der Waals surface area contributed by atoms with Crippen molar-refractivity contribution >= 4 is 39.8 Å². The molecule has 0 radical (unpaired) electrons. The van der Waals surface area contributed by atoms with E-state index in [4.69, 9.17) is 0 Å². The minimum absolute atomic E-state index is 0.0855. The number of carbonyl (C=O) groups excluding carboxylic acids is 1. The van der Waals surface area contributed by atoms with E-state index in [1.165, 1.54) is 11.8 Å². The minimum atomic E-state index is -0.127. The van der Waals surface area contributed by atoms with Gasteiger partial charge in [0.25, 0.3) is 5.91 Å². The highest BCUT2D eigenvalue weighted by Crippen LogP contribution is 2.30. The Morgan fingerprint density at radius 2 is 2.11 bits per heavy atom. The summed E-state index contributed by atoms with van der Waals surface area (Å²) in [6.07, 6.45) is 3.65. The molecule has 3 aromatic rings. The van der Waals surface area contributed by atoms with Crippen LogP contribution in [0.4, 0.5) is 0 Å². The summed E-state index contributed by atoms with van der Waals surface area (Å²) in [5.41, 5.74) is 4.89. The van der Waals surface area contributed by atoms with Gasteiger partial charge in [0.1, 0.15) is 0 Å². The lowest BCUT2D eigenvalue weighted by atomic mass is 10.1. The predicted molar refractivity (Wildman–Crippen MR) is 109 cm³/mol. The fourth-order valence-electron chi connectivity index (χ4n) is 3.24. The van der Waals surface area contributed by atoms with Crippen LogP contribution in [-0.2, 0) is 4.79 Å². The molecule has 1 amide bonds. The third-order valence-corrected chi connectivity index (χ3v) is 5.41. The Morgan fingerprint density at radius 3 is 2.89 bits per heavy atom. The number of benzene rings is 1. The van der Waals surface area contributed by atoms with E-state index in [1.807, 2.05) is 57.2 Å². The lowest BCUT2D eigenvalue weighted by Crippen LogP contribution is -2.20. The maximum Gasteiger partial charge on any atom is 0.264 e. The van der Waals surface area contributed by atoms with Gasteiger partial charge >= 0.3 is 0 Å². The first-order chi connectivity index (χ1) is 13.0. The van der Waals surface area contributed by atoms with Gasteiger partial charge in [-0.25, -0.2) is 0 Å². The number of carbonyl (C=O) groups is 1. The van der Waals surface area contributed by atoms with Crippen LogP contribution in [0.5, 0.6) is 0 Å². The predicted octanol–water partition coefficient (Wildman–Crippen LogP) is 3.90. The van der Waals surface area contributed by atoms with Crippen LogP contribution in [-0.4, -0.2) is 26.3 Å². The molecule has 1 aromatic carbocycles. The molecular formula is C20H19N5OS. The Balaban J connectivity index is 1.58. The second kappa shape index (κ2) is 7.00. The summed E-state index contributed by atoms with van der Waals surface area (Å²) in [6, 6.07) is 9.78. The average Bonchev–Trinajstić information content (AvgIpc) is 3.16. The molecule has 1 fully saturated rings. The standard InChI is InChI=1S/C20H19N5OS/c1-11(18-12(2)24-25-13(18)3)22-20-23-19(26)17(27-20)10-14-6-7-16-15(9-14)5-4-8-21-16/h4-11H,1-3H3,(H,24,25)(H,22,23,26). The minimum Gasteiger partial charge on any atom is -0.301 e. The Kier molecular flexibility index (Phi) is 4.53. The molecule has 0 spiro atoms. The monoisotopic (exact) mass is 377 g/mol. The molecule has 6 nitrogen and oxygen atoms in total. The van der Waals surface area contributed by atoms with Crippen LogP contribution >= 0.6 is 11.8 Å². The molecule has 2 aromatic heterocycles. The number of thioether (sulfide) groups is 1. The lowest BCUT2D eigenvalue weighted by molar-refractivity contribution is -0.115. The fourth-order valence-corrected chi connectivity index (χ4v) is 4.14. The first-order valence-electron chi connectivity index (χ1n) is 8.66. The normalized spacial score (nSPS) is 18.4. The number of hydrogen-bond acceptors (Lipinski definition) is 5. The first-order valence-corrected chi connectivity index (χ1v) is 9.48. The van der Waals surface area contributed by atoms with Gasteiger partial charge in [0, 0.05) is 22.8 Å². The first kappa shape index (κ1) is 17.5. The van der Waals surface area contributed by atoms with Crippen molar-refractivity contribution in [2.45, 2.75) is 26.8 Å². The van der Waals surface area contributed by atoms with Gasteiger partial charge in [0.2, 0.25) is 0 Å². The van der Waals surface area contributed by atoms with Crippen molar-refractivity contribution in [1.82, 2.24) is 20.5 Å². The van der Waals surface area contributed by atoms with Gasteiger partial charge < -0.3 is 5.32 Å². The molecular weight excluding hydrogens is 358 g/mol. The van der Waals surface area contributed by atoms with Crippen LogP contribution < -0.4 is 5.32 Å². The highest BCUT2D eigenvalue weighted by Gasteiger charge is 2.25. The van der Waals surface area contributed by atoms with Crippen molar-refractivity contribution < 1.29 is 4.79 Å². The Hall–Kier alpha value is -2.93. The number of hydrogen-bond donors (Lipinski definition) is 2. The smallest absolute Gasteiger partial charge is 0.264 e. The Bertz CT molecular complexity index is 1080. The molecule has 136 valence electrons. The van der Waals surface area contributed by atoms with Crippen LogP contribution in [0.25, 0.3) is 17.0 Å². The highest BCUT2D eigenvalue weighted by molar-refractivity contribution is 8.18. The van der Waals surface area contributed by atoms with Crippen molar-refractivity contribution in [1.29, 1.82) is 0 Å². The summed E-state index contributed by atoms with van der Waals surface area (Å²) in [5.74, 6) is -0.127. The van der Waals surface area contributed by atoms with E-state index in [0.29, 0.717) is 10.1 Å². The maximum atomic E-state index is 12.3. The van der Waals surface area contributed by atoms with Gasteiger partial charge in [-0.3, -0.25) is 19.9 Å². The number of nitrogens with zero attached hydrogens (tertiary/aromatic N) is 3. The van der Waals surface area contributed by atoms with Crippen LogP contribution in [0.15, 0.2) is 46.4 Å². The van der Waals surface area contributed by atoms with Crippen LogP contribution in [0, 0.1) is 13.8 Å². The molecule has 0 bridgehead atoms. The van der Waals surface area contributed by atoms with Gasteiger partial charge in [-0.1, -0.05) is 12.1 Å². The number of pyridine rings is 1. The summed E-state index contributed by atoms with van der Waals surface area (Å²) in [4.78, 5) is 22.0. The number of amidine groups is 1. The fraction of sp³-hybridized carbons (Fsp3) is 0.200. The van der Waals surface area contributed by atoms with E-state index in [9.17, 15) is 4.79 Å². The van der Waals surface area contributed by atoms with E-state index in [-0.39, 0.29) is 11.9 Å². The molecule has 2 N–H and O–H groups in total. The second-order valence-corrected chi connectivity index (χ2v) is 7.51. The van der Waals surface area contributed by atoms with Crippen LogP contribution in [0.1, 0.15) is 35.5 Å². The number of amides is 1. The SMILES string of the molecule is Cc1n[nH]c(C)c1C(C)N=C1NC(=O)C(=Cc2ccc3ncccc3c2)S1. The van der Waals surface area contributed by atoms with Gasteiger partial charge in [-0.15, -0.1) is 0 Å². The molecule has 1 atom stereocenters. The largest absolute Gasteiger partial charge is 0.301 e. The molecule has 7 heteroatoms. The van der Waals surface area contributed by atoms with Gasteiger partial charge in [0.15, 0.2) is 5.17 Å². The van der Waals surface area contributed by atoms with E-state index in [0.717, 1.165) is 33.4 Å². The number of aryl methyl sites for hydroxylation is 2. The van der Waals surface area contributed by atoms with Crippen molar-refractivity contribution in [2.75, 3.05) is 0 Å². The summed E-state index contributed by atoms with van der Waals surface area (Å²) in [6.45, 7) is 5.94. The quantitative estimate of drug-likeness (QED) is 0.678. The summed E-state index contributed by atoms with van der Waals surface area (Å²) in [5, 5.41) is 11.7. The van der Waals surface area contributed by atoms with Crippen molar-refractivity contribution in [3.8, 4) is 0 Å². The number of aromatic amines is 1. The zero-order valence-corrected chi connectivity index (χ0v) is 16.1. The Morgan fingerprint density at radius 1 is 1.26 bits per heavy atom. The third-order valence-electron chi connectivity index (χ3n) is 4.49. The zero-order valence-electron chi connectivity index (χ0n) is 15.3. The van der Waals surface area contributed by atoms with Gasteiger partial charge in [-0.05, 0) is 62.4 Å². The molecule has 3 heterocycles. The molecule has 27 heavy (non-hydrogen) atoms. The summed E-state index contributed by atoms with van der Waals surface area (Å²) in [7, 11) is 0. The zero-order chi connectivity index (χ0) is 19.0. The van der Waals surface area contributed by atoms with Crippen molar-refractivity contribution in [3.05, 3.63) is 63.9 Å². The topological polar surface area (TPSA) is 83.0 Å². The van der Waals surface area contributed by atoms with Gasteiger partial charge in [-0.2, -0.15) is 5.10 Å². The Labute approximate surface area is 161 Å². The van der Waals surface area contributed by atoms with Gasteiger partial charge in [0.05, 0.1) is 22.2 Å². The molecule has 0 saturated carbocycles. The lowest BCUT2D eigenvalue weighted by Gasteiger charge is -2.07. The maximum absolute atomic E-state index is 12.3. The highest BCUT2D eigenvalue weighted by atomic mass is 32.2. The van der Waals surface area contributed by atoms with Crippen molar-refractivity contribution in [3.63, 3.8) is 0 Å². The molecule has 1 unspecified atom stereocenters. The molecule has 1 saturated heterocycles. The van der Waals surface area contributed by atoms with Crippen LogP contribution in [0.3, 0.4) is 0 Å². The van der Waals surface area contributed by atoms with Crippen molar-refractivity contribution in [2.24, 2.45) is 4.99 Å². The average molecular weight is 377 g/mol. The van der Waals surface area contributed by atoms with Crippen LogP contribution in [0.2, 0.25) is 0 Å². The van der Waals surface area contributed by atoms with E-state index in [2.05, 4.69) is 25.5 Å². The number of aromatic nitrogens is 3. The number of H-pyrrole nitrogens is 1. The molecule has 4 rings (SSSR count). The number of aliphatic imine (C=N–C) groups is 1. The second-order valence-electron chi connectivity index (χ2n) is 6.48. The number of rotatable bonds is 3. The third kappa shape index (κ3) is 3.50.